The number of hydrogen-bond donors (Lipinski definition) is 4. The summed E-state index contributed by atoms with van der Waals surface area (Å²) in [5.41, 5.74) is 8.54. The lowest BCUT2D eigenvalue weighted by Gasteiger charge is -2.07. The molecule has 32 heavy (non-hydrogen) atoms. The van der Waals surface area contributed by atoms with Crippen LogP contribution in [0.5, 0.6) is 11.5 Å². The molecule has 0 saturated carbocycles. The van der Waals surface area contributed by atoms with Crippen LogP contribution in [0.15, 0.2) is 53.6 Å². The summed E-state index contributed by atoms with van der Waals surface area (Å²) in [6.07, 6.45) is 5.11. The number of nitrogens with zero attached hydrogens (tertiary/aromatic N) is 1. The molecule has 0 aromatic heterocycles. The van der Waals surface area contributed by atoms with Crippen LogP contribution in [0.25, 0.3) is 0 Å². The van der Waals surface area contributed by atoms with Crippen LogP contribution in [0.3, 0.4) is 0 Å². The number of phenolic OH excluding ortho intramolecular Hbond substituents is 1. The minimum Gasteiger partial charge on any atom is -0.506 e. The lowest BCUT2D eigenvalue weighted by Crippen LogP contribution is -2.20. The molecular weight excluding hydrogens is 412 g/mol. The predicted molar refractivity (Wildman–Crippen MR) is 121 cm³/mol. The second-order valence-corrected chi connectivity index (χ2v) is 7.07. The van der Waals surface area contributed by atoms with E-state index in [9.17, 15) is 19.5 Å². The van der Waals surface area contributed by atoms with Gasteiger partial charge in [-0.1, -0.05) is 37.1 Å². The Morgan fingerprint density at radius 3 is 2.31 bits per heavy atom. The van der Waals surface area contributed by atoms with Crippen molar-refractivity contribution in [1.82, 2.24) is 5.43 Å². The summed E-state index contributed by atoms with van der Waals surface area (Å²) in [5, 5.41) is 16.2. The Balaban J connectivity index is 1.59. The first kappa shape index (κ1) is 24.4. The molecule has 9 nitrogen and oxygen atoms in total. The van der Waals surface area contributed by atoms with Crippen LogP contribution < -0.4 is 21.2 Å². The monoisotopic (exact) mass is 440 g/mol. The fraction of sp³-hybridized carbons (Fsp3) is 0.304. The van der Waals surface area contributed by atoms with Gasteiger partial charge in [-0.3, -0.25) is 14.4 Å². The molecule has 2 aromatic rings. The molecule has 170 valence electrons. The van der Waals surface area contributed by atoms with Crippen LogP contribution in [-0.4, -0.2) is 35.6 Å². The molecule has 0 spiro atoms. The molecule has 0 radical (unpaired) electrons. The number of rotatable bonds is 13. The number of nitrogens with one attached hydrogen (secondary N) is 2. The summed E-state index contributed by atoms with van der Waals surface area (Å²) in [5.74, 6) is -0.471. The average Bonchev–Trinajstić information content (AvgIpc) is 2.77. The third kappa shape index (κ3) is 9.29. The number of carbonyl (C=O) groups excluding carboxylic acids is 3. The van der Waals surface area contributed by atoms with Crippen molar-refractivity contribution in [2.75, 3.05) is 11.9 Å². The van der Waals surface area contributed by atoms with Gasteiger partial charge in [-0.05, 0) is 37.1 Å². The molecule has 0 aliphatic heterocycles. The van der Waals surface area contributed by atoms with E-state index in [0.29, 0.717) is 42.7 Å². The van der Waals surface area contributed by atoms with Gasteiger partial charge in [-0.15, -0.1) is 0 Å². The van der Waals surface area contributed by atoms with Gasteiger partial charge < -0.3 is 20.9 Å². The van der Waals surface area contributed by atoms with Crippen LogP contribution >= 0.6 is 0 Å². The topological polar surface area (TPSA) is 143 Å². The maximum atomic E-state index is 11.9. The Kier molecular flexibility index (Phi) is 10.2. The molecule has 2 rings (SSSR count). The maximum absolute atomic E-state index is 11.9. The van der Waals surface area contributed by atoms with E-state index in [2.05, 4.69) is 15.8 Å². The van der Waals surface area contributed by atoms with Crippen LogP contribution in [0.1, 0.15) is 44.1 Å². The van der Waals surface area contributed by atoms with Crippen molar-refractivity contribution in [3.63, 3.8) is 0 Å². The number of carbonyl (C=O) groups is 3. The fourth-order valence-corrected chi connectivity index (χ4v) is 2.81. The van der Waals surface area contributed by atoms with Gasteiger partial charge in [0.2, 0.25) is 11.8 Å². The Morgan fingerprint density at radius 2 is 1.59 bits per heavy atom. The quantitative estimate of drug-likeness (QED) is 0.164. The van der Waals surface area contributed by atoms with Crippen LogP contribution in [-0.2, 0) is 14.4 Å². The van der Waals surface area contributed by atoms with Crippen LogP contribution in [0, 0.1) is 0 Å². The number of hydrogen-bond acceptors (Lipinski definition) is 6. The van der Waals surface area contributed by atoms with Crippen LogP contribution in [0.2, 0.25) is 0 Å². The summed E-state index contributed by atoms with van der Waals surface area (Å²) >= 11 is 0. The maximum Gasteiger partial charge on any atom is 0.255 e. The number of anilines is 1. The minimum atomic E-state index is -0.582. The number of hydrazone groups is 1. The summed E-state index contributed by atoms with van der Waals surface area (Å²) < 4.78 is 5.29. The second kappa shape index (κ2) is 13.4. The Morgan fingerprint density at radius 1 is 0.938 bits per heavy atom. The zero-order chi connectivity index (χ0) is 23.2. The van der Waals surface area contributed by atoms with E-state index in [1.807, 2.05) is 0 Å². The fourth-order valence-electron chi connectivity index (χ4n) is 2.81. The highest BCUT2D eigenvalue weighted by Gasteiger charge is 2.06. The predicted octanol–water partition coefficient (Wildman–Crippen LogP) is 2.69. The molecule has 0 fully saturated rings. The van der Waals surface area contributed by atoms with E-state index in [1.165, 1.54) is 12.3 Å². The number of phenols is 1. The number of ether oxygens (including phenoxy) is 1. The molecule has 0 bridgehead atoms. The van der Waals surface area contributed by atoms with Gasteiger partial charge in [0.25, 0.3) is 5.91 Å². The molecule has 0 saturated heterocycles. The summed E-state index contributed by atoms with van der Waals surface area (Å²) in [4.78, 5) is 34.7. The first-order chi connectivity index (χ1) is 15.5. The normalized spacial score (nSPS) is 10.6. The number of amides is 3. The molecule has 0 unspecified atom stereocenters. The van der Waals surface area contributed by atoms with Crippen molar-refractivity contribution in [3.05, 3.63) is 54.1 Å². The van der Waals surface area contributed by atoms with Crippen molar-refractivity contribution in [2.45, 2.75) is 38.5 Å². The third-order valence-electron chi connectivity index (χ3n) is 4.42. The lowest BCUT2D eigenvalue weighted by atomic mass is 10.1. The standard InChI is InChI=1S/C23H28N4O5/c24-21(29)16-32-20-12-8-5-9-17(20)15-25-27-23(31)14-4-2-1-3-13-22(30)26-18-10-6-7-11-19(18)28/h5-12,15,28H,1-4,13-14,16H2,(H2,24,29)(H,26,30)(H,27,31)/b25-15+. The van der Waals surface area contributed by atoms with Crippen molar-refractivity contribution in [2.24, 2.45) is 10.8 Å². The van der Waals surface area contributed by atoms with Crippen LogP contribution in [0.4, 0.5) is 5.69 Å². The van der Waals surface area contributed by atoms with Crippen molar-refractivity contribution < 1.29 is 24.2 Å². The number of para-hydroxylation sites is 3. The van der Waals surface area contributed by atoms with Gasteiger partial charge in [0, 0.05) is 18.4 Å². The minimum absolute atomic E-state index is 0.0381. The number of unbranched alkanes of at least 4 members (excludes halogenated alkanes) is 3. The Labute approximate surface area is 186 Å². The molecule has 5 N–H and O–H groups in total. The molecule has 0 aliphatic carbocycles. The largest absolute Gasteiger partial charge is 0.506 e. The van der Waals surface area contributed by atoms with E-state index >= 15 is 0 Å². The van der Waals surface area contributed by atoms with E-state index in [1.54, 1.807) is 42.5 Å². The summed E-state index contributed by atoms with van der Waals surface area (Å²) in [6, 6.07) is 13.5. The summed E-state index contributed by atoms with van der Waals surface area (Å²) in [6.45, 7) is -0.242. The van der Waals surface area contributed by atoms with Gasteiger partial charge in [0.15, 0.2) is 6.61 Å². The van der Waals surface area contributed by atoms with Crippen molar-refractivity contribution >= 4 is 29.6 Å². The number of benzene rings is 2. The highest BCUT2D eigenvalue weighted by Crippen LogP contribution is 2.21. The van der Waals surface area contributed by atoms with E-state index in [-0.39, 0.29) is 24.2 Å². The van der Waals surface area contributed by atoms with E-state index < -0.39 is 5.91 Å². The van der Waals surface area contributed by atoms with Gasteiger partial charge in [0.05, 0.1) is 11.9 Å². The van der Waals surface area contributed by atoms with Crippen molar-refractivity contribution in [3.8, 4) is 11.5 Å². The molecule has 3 amide bonds. The molecular formula is C23H28N4O5. The zero-order valence-electron chi connectivity index (χ0n) is 17.8. The summed E-state index contributed by atoms with van der Waals surface area (Å²) in [7, 11) is 0. The van der Waals surface area contributed by atoms with Crippen molar-refractivity contribution in [1.29, 1.82) is 0 Å². The molecule has 0 aliphatic rings. The first-order valence-corrected chi connectivity index (χ1v) is 10.4. The van der Waals surface area contributed by atoms with Gasteiger partial charge in [-0.25, -0.2) is 5.43 Å². The number of primary amides is 1. The smallest absolute Gasteiger partial charge is 0.255 e. The number of nitrogens with two attached hydrogens (primary N) is 1. The molecule has 0 heterocycles. The molecule has 2 aromatic carbocycles. The van der Waals surface area contributed by atoms with Gasteiger partial charge >= 0.3 is 0 Å². The van der Waals surface area contributed by atoms with E-state index in [0.717, 1.165) is 12.8 Å². The second-order valence-electron chi connectivity index (χ2n) is 7.07. The van der Waals surface area contributed by atoms with Gasteiger partial charge in [0.1, 0.15) is 11.5 Å². The van der Waals surface area contributed by atoms with E-state index in [4.69, 9.17) is 10.5 Å². The lowest BCUT2D eigenvalue weighted by molar-refractivity contribution is -0.121. The Hall–Kier alpha value is -3.88. The zero-order valence-corrected chi connectivity index (χ0v) is 17.8. The molecule has 0 atom stereocenters. The average molecular weight is 441 g/mol. The Bertz CT molecular complexity index is 945. The first-order valence-electron chi connectivity index (χ1n) is 10.4. The highest BCUT2D eigenvalue weighted by atomic mass is 16.5. The molecule has 9 heteroatoms. The third-order valence-corrected chi connectivity index (χ3v) is 4.42. The van der Waals surface area contributed by atoms with Gasteiger partial charge in [-0.2, -0.15) is 5.10 Å². The number of aromatic hydroxyl groups is 1. The SMILES string of the molecule is NC(=O)COc1ccccc1/C=N/NC(=O)CCCCCCC(=O)Nc1ccccc1O. The highest BCUT2D eigenvalue weighted by molar-refractivity contribution is 5.92.